The van der Waals surface area contributed by atoms with Crippen LogP contribution in [0.2, 0.25) is 5.02 Å². The number of nitrogens with one attached hydrogen (secondary N) is 2. The molecule has 0 unspecified atom stereocenters. The number of sulfonamides is 1. The number of nitrogens with zero attached hydrogens (tertiary/aromatic N) is 2. The van der Waals surface area contributed by atoms with Crippen molar-refractivity contribution in [2.24, 2.45) is 0 Å². The van der Waals surface area contributed by atoms with E-state index >= 15 is 0 Å². The van der Waals surface area contributed by atoms with E-state index in [2.05, 4.69) is 15.1 Å². The van der Waals surface area contributed by atoms with Gasteiger partial charge in [-0.3, -0.25) is 14.2 Å². The van der Waals surface area contributed by atoms with Crippen LogP contribution in [0, 0.1) is 6.92 Å². The van der Waals surface area contributed by atoms with Crippen LogP contribution in [0.4, 0.5) is 11.4 Å². The first kappa shape index (κ1) is 25.8. The van der Waals surface area contributed by atoms with E-state index in [0.29, 0.717) is 33.6 Å². The maximum atomic E-state index is 13.0. The molecule has 0 saturated heterocycles. The van der Waals surface area contributed by atoms with Gasteiger partial charge in [-0.2, -0.15) is 5.10 Å². The molecule has 0 radical (unpaired) electrons. The van der Waals surface area contributed by atoms with E-state index in [-0.39, 0.29) is 10.8 Å². The Morgan fingerprint density at radius 2 is 1.76 bits per heavy atom. The lowest BCUT2D eigenvalue weighted by molar-refractivity contribution is 0.103. The van der Waals surface area contributed by atoms with E-state index in [1.165, 1.54) is 30.6 Å². The lowest BCUT2D eigenvalue weighted by atomic mass is 10.2. The summed E-state index contributed by atoms with van der Waals surface area (Å²) in [7, 11) is -2.38. The van der Waals surface area contributed by atoms with Gasteiger partial charge in [0.05, 0.1) is 34.8 Å². The highest BCUT2D eigenvalue weighted by molar-refractivity contribution is 7.92. The van der Waals surface area contributed by atoms with Gasteiger partial charge < -0.3 is 10.1 Å². The normalized spacial score (nSPS) is 11.4. The molecular weight excluding hydrogens is 544 g/mol. The number of para-hydroxylation sites is 2. The van der Waals surface area contributed by atoms with Gasteiger partial charge in [-0.05, 0) is 61.0 Å². The Kier molecular flexibility index (Phi) is 7.11. The second-order valence-corrected chi connectivity index (χ2v) is 11.6. The summed E-state index contributed by atoms with van der Waals surface area (Å²) in [6, 6.07) is 22.1. The third-order valence-electron chi connectivity index (χ3n) is 5.88. The van der Waals surface area contributed by atoms with Crippen LogP contribution in [0.3, 0.4) is 0 Å². The average molecular weight is 567 g/mol. The van der Waals surface area contributed by atoms with Gasteiger partial charge >= 0.3 is 0 Å². The molecule has 3 aromatic carbocycles. The molecule has 2 heterocycles. The van der Waals surface area contributed by atoms with Gasteiger partial charge in [-0.1, -0.05) is 41.9 Å². The number of rotatable bonds is 8. The summed E-state index contributed by atoms with van der Waals surface area (Å²) in [5.74, 6) is 0.117. The van der Waals surface area contributed by atoms with Crippen molar-refractivity contribution >= 4 is 60.5 Å². The zero-order valence-electron chi connectivity index (χ0n) is 20.4. The van der Waals surface area contributed by atoms with Crippen LogP contribution in [0.25, 0.3) is 10.2 Å². The first-order valence-corrected chi connectivity index (χ1v) is 14.2. The number of amides is 1. The molecule has 5 aromatic rings. The molecule has 2 N–H and O–H groups in total. The van der Waals surface area contributed by atoms with Crippen LogP contribution in [-0.2, 0) is 16.6 Å². The molecule has 8 nitrogen and oxygen atoms in total. The Morgan fingerprint density at radius 1 is 1.05 bits per heavy atom. The van der Waals surface area contributed by atoms with E-state index in [1.54, 1.807) is 36.4 Å². The maximum Gasteiger partial charge on any atom is 0.265 e. The molecule has 0 aliphatic heterocycles. The topological polar surface area (TPSA) is 102 Å². The van der Waals surface area contributed by atoms with Crippen molar-refractivity contribution in [3.63, 3.8) is 0 Å². The van der Waals surface area contributed by atoms with Gasteiger partial charge in [-0.15, -0.1) is 11.3 Å². The predicted octanol–water partition coefficient (Wildman–Crippen LogP) is 6.17. The first-order chi connectivity index (χ1) is 18.2. The van der Waals surface area contributed by atoms with E-state index in [9.17, 15) is 13.2 Å². The van der Waals surface area contributed by atoms with E-state index < -0.39 is 10.0 Å². The third-order valence-corrected chi connectivity index (χ3v) is 8.78. The fraction of sp³-hybridized carbons (Fsp3) is 0.111. The fourth-order valence-corrected chi connectivity index (χ4v) is 6.28. The average Bonchev–Trinajstić information content (AvgIpc) is 3.47. The summed E-state index contributed by atoms with van der Waals surface area (Å²) >= 11 is 7.66. The van der Waals surface area contributed by atoms with Gasteiger partial charge in [0.15, 0.2) is 0 Å². The number of carbonyl (C=O) groups is 1. The predicted molar refractivity (Wildman–Crippen MR) is 151 cm³/mol. The van der Waals surface area contributed by atoms with Crippen molar-refractivity contribution in [1.82, 2.24) is 9.78 Å². The van der Waals surface area contributed by atoms with Crippen LogP contribution in [0.15, 0.2) is 83.8 Å². The number of thiophene rings is 1. The third kappa shape index (κ3) is 5.24. The molecule has 0 aliphatic carbocycles. The van der Waals surface area contributed by atoms with Crippen molar-refractivity contribution in [3.8, 4) is 5.75 Å². The number of aryl methyl sites for hydroxylation is 1. The summed E-state index contributed by atoms with van der Waals surface area (Å²) < 4.78 is 35.3. The number of fused-ring (bicyclic) bond motifs is 1. The highest BCUT2D eigenvalue weighted by Crippen LogP contribution is 2.31. The highest BCUT2D eigenvalue weighted by Gasteiger charge is 2.19. The Balaban J connectivity index is 1.32. The number of hydrogen-bond donors (Lipinski definition) is 2. The van der Waals surface area contributed by atoms with Crippen molar-refractivity contribution in [3.05, 3.63) is 100 Å². The monoisotopic (exact) mass is 566 g/mol. The minimum atomic E-state index is -3.85. The molecule has 0 fully saturated rings. The Bertz CT molecular complexity index is 1740. The summed E-state index contributed by atoms with van der Waals surface area (Å²) in [6.45, 7) is 2.39. The quantitative estimate of drug-likeness (QED) is 0.234. The lowest BCUT2D eigenvalue weighted by Gasteiger charge is -2.12. The SMILES string of the molecule is COc1ccccc1NS(=O)(=O)c1ccc(NC(=O)c2cc3c(C)nn(Cc4ccccc4Cl)c3s2)cc1. The zero-order chi connectivity index (χ0) is 26.9. The molecule has 11 heteroatoms. The van der Waals surface area contributed by atoms with Crippen LogP contribution in [-0.4, -0.2) is 31.2 Å². The van der Waals surface area contributed by atoms with Crippen molar-refractivity contribution in [1.29, 1.82) is 0 Å². The number of anilines is 2. The second-order valence-electron chi connectivity index (χ2n) is 8.45. The number of hydrogen-bond acceptors (Lipinski definition) is 6. The first-order valence-electron chi connectivity index (χ1n) is 11.5. The maximum absolute atomic E-state index is 13.0. The molecule has 2 aromatic heterocycles. The molecule has 0 saturated carbocycles. The van der Waals surface area contributed by atoms with E-state index in [4.69, 9.17) is 16.3 Å². The van der Waals surface area contributed by atoms with Gasteiger partial charge in [0.25, 0.3) is 15.9 Å². The van der Waals surface area contributed by atoms with Crippen molar-refractivity contribution in [2.45, 2.75) is 18.4 Å². The van der Waals surface area contributed by atoms with E-state index in [1.807, 2.05) is 41.9 Å². The summed E-state index contributed by atoms with van der Waals surface area (Å²) in [4.78, 5) is 14.5. The number of methoxy groups -OCH3 is 1. The standard InChI is InChI=1S/C27H23ClN4O4S2/c1-17-21-15-25(37-27(21)32(30-17)16-18-7-3-4-8-22(18)28)26(33)29-19-11-13-20(14-12-19)38(34,35)31-23-9-5-6-10-24(23)36-2/h3-15,31H,16H2,1-2H3,(H,29,33). The van der Waals surface area contributed by atoms with Gasteiger partial charge in [-0.25, -0.2) is 8.42 Å². The van der Waals surface area contributed by atoms with Crippen LogP contribution >= 0.6 is 22.9 Å². The van der Waals surface area contributed by atoms with Gasteiger partial charge in [0.1, 0.15) is 10.6 Å². The molecule has 0 aliphatic rings. The molecule has 0 atom stereocenters. The van der Waals surface area contributed by atoms with Gasteiger partial charge in [0.2, 0.25) is 0 Å². The van der Waals surface area contributed by atoms with Crippen molar-refractivity contribution in [2.75, 3.05) is 17.1 Å². The zero-order valence-corrected chi connectivity index (χ0v) is 22.8. The van der Waals surface area contributed by atoms with Crippen LogP contribution < -0.4 is 14.8 Å². The smallest absolute Gasteiger partial charge is 0.265 e. The summed E-state index contributed by atoms with van der Waals surface area (Å²) in [6.07, 6.45) is 0. The summed E-state index contributed by atoms with van der Waals surface area (Å²) in [5, 5.41) is 9.01. The summed E-state index contributed by atoms with van der Waals surface area (Å²) in [5.41, 5.74) is 2.56. The number of halogens is 1. The minimum absolute atomic E-state index is 0.0542. The van der Waals surface area contributed by atoms with Crippen LogP contribution in [0.5, 0.6) is 5.75 Å². The second kappa shape index (κ2) is 10.5. The Hall–Kier alpha value is -3.86. The number of ether oxygens (including phenoxy) is 1. The molecule has 194 valence electrons. The molecule has 0 spiro atoms. The largest absolute Gasteiger partial charge is 0.495 e. The lowest BCUT2D eigenvalue weighted by Crippen LogP contribution is -2.14. The number of benzene rings is 3. The number of aromatic nitrogens is 2. The van der Waals surface area contributed by atoms with Crippen LogP contribution in [0.1, 0.15) is 20.9 Å². The highest BCUT2D eigenvalue weighted by atomic mass is 35.5. The fourth-order valence-electron chi connectivity index (χ4n) is 3.96. The molecule has 0 bridgehead atoms. The van der Waals surface area contributed by atoms with E-state index in [0.717, 1.165) is 21.5 Å². The molecular formula is C27H23ClN4O4S2. The van der Waals surface area contributed by atoms with Gasteiger partial charge in [0, 0.05) is 16.1 Å². The Labute approximate surface area is 228 Å². The van der Waals surface area contributed by atoms with Crippen molar-refractivity contribution < 1.29 is 17.9 Å². The minimum Gasteiger partial charge on any atom is -0.495 e. The Morgan fingerprint density at radius 3 is 2.50 bits per heavy atom. The molecule has 38 heavy (non-hydrogen) atoms. The number of carbonyl (C=O) groups excluding carboxylic acids is 1. The molecule has 1 amide bonds. The molecule has 5 rings (SSSR count).